The molecule has 1 fully saturated rings. The molecular weight excluding hydrogens is 456 g/mol. The van der Waals surface area contributed by atoms with E-state index >= 15 is 0 Å². The molecule has 2 aliphatic heterocycles. The van der Waals surface area contributed by atoms with Gasteiger partial charge in [-0.25, -0.2) is 13.9 Å². The topological polar surface area (TPSA) is 133 Å². The van der Waals surface area contributed by atoms with Crippen molar-refractivity contribution < 1.29 is 43.5 Å². The monoisotopic (exact) mass is 482 g/mol. The smallest absolute Gasteiger partial charge is 0.279 e. The number of hydrogen-bond donors (Lipinski definition) is 2. The summed E-state index contributed by atoms with van der Waals surface area (Å²) in [6.45, 7) is 0.541. The minimum Gasteiger partial charge on any atom is -0.493 e. The van der Waals surface area contributed by atoms with E-state index in [1.165, 1.54) is 36.1 Å². The molecule has 0 saturated carbocycles. The van der Waals surface area contributed by atoms with E-state index < -0.39 is 15.9 Å². The van der Waals surface area contributed by atoms with Crippen molar-refractivity contribution in [1.29, 1.82) is 0 Å². The molecule has 12 heteroatoms. The number of carbonyl (C=O) groups is 1. The zero-order valence-corrected chi connectivity index (χ0v) is 18.9. The van der Waals surface area contributed by atoms with Crippen LogP contribution in [0.1, 0.15) is 24.6 Å². The Labute approximate surface area is 192 Å². The van der Waals surface area contributed by atoms with Gasteiger partial charge in [-0.2, -0.15) is 4.31 Å². The molecule has 180 valence electrons. The maximum atomic E-state index is 13.4. The fourth-order valence-electron chi connectivity index (χ4n) is 3.87. The molecule has 0 atom stereocenters. The highest BCUT2D eigenvalue weighted by atomic mass is 32.2. The van der Waals surface area contributed by atoms with Gasteiger partial charge in [0.1, 0.15) is 17.4 Å². The van der Waals surface area contributed by atoms with E-state index in [9.17, 15) is 13.2 Å². The molecule has 2 N–H and O–H groups in total. The number of nitrogens with zero attached hydrogens (tertiary/aromatic N) is 1. The van der Waals surface area contributed by atoms with Gasteiger partial charge in [0, 0.05) is 20.6 Å². The number of sulfonamides is 1. The van der Waals surface area contributed by atoms with Crippen LogP contribution in [0.5, 0.6) is 28.7 Å². The third-order valence-electron chi connectivity index (χ3n) is 5.50. The fraction of sp³-hybridized carbons (Fsp3) is 0.381. The number of rotatable bonds is 7. The van der Waals surface area contributed by atoms with Crippen molar-refractivity contribution in [3.05, 3.63) is 35.9 Å². The lowest BCUT2D eigenvalue weighted by Gasteiger charge is -2.32. The average molecular weight is 483 g/mol. The van der Waals surface area contributed by atoms with Gasteiger partial charge in [0.25, 0.3) is 5.91 Å². The van der Waals surface area contributed by atoms with Crippen LogP contribution in [0.2, 0.25) is 0 Å². The minimum absolute atomic E-state index is 0. The lowest BCUT2D eigenvalue weighted by molar-refractivity contribution is 0.0698. The summed E-state index contributed by atoms with van der Waals surface area (Å²) < 4.78 is 55.1. The summed E-state index contributed by atoms with van der Waals surface area (Å²) in [5, 5.41) is 9.17. The first-order chi connectivity index (χ1) is 15.9. The summed E-state index contributed by atoms with van der Waals surface area (Å²) in [5.41, 5.74) is 1.14. The van der Waals surface area contributed by atoms with Gasteiger partial charge in [0.2, 0.25) is 16.8 Å². The van der Waals surface area contributed by atoms with Crippen LogP contribution in [0.3, 0.4) is 0 Å². The molecule has 0 aromatic heterocycles. The highest BCUT2D eigenvalue weighted by Crippen LogP contribution is 2.38. The second kappa shape index (κ2) is 9.33. The van der Waals surface area contributed by atoms with Crippen LogP contribution in [-0.4, -0.2) is 64.0 Å². The molecule has 1 saturated heterocycles. The Balaban J connectivity index is 0.00000324. The SMILES string of the molecule is COc1ccc(S(=O)(=O)N2CCC(Oc3ccc4c(c3)OCO4)CC2)c(C(=O)NO)c1OC.[HH]. The van der Waals surface area contributed by atoms with Crippen molar-refractivity contribution >= 4 is 15.9 Å². The number of amides is 1. The summed E-state index contributed by atoms with van der Waals surface area (Å²) in [4.78, 5) is 12.0. The number of carbonyl (C=O) groups excluding carboxylic acids is 1. The van der Waals surface area contributed by atoms with Crippen molar-refractivity contribution in [3.63, 3.8) is 0 Å². The fourth-order valence-corrected chi connectivity index (χ4v) is 5.52. The first kappa shape index (κ1) is 23.0. The van der Waals surface area contributed by atoms with Crippen molar-refractivity contribution in [2.75, 3.05) is 34.1 Å². The highest BCUT2D eigenvalue weighted by Gasteiger charge is 2.35. The Morgan fingerprint density at radius 1 is 1.12 bits per heavy atom. The highest BCUT2D eigenvalue weighted by molar-refractivity contribution is 7.89. The van der Waals surface area contributed by atoms with E-state index in [4.69, 9.17) is 28.9 Å². The second-order valence-electron chi connectivity index (χ2n) is 7.35. The number of fused-ring (bicyclic) bond motifs is 1. The van der Waals surface area contributed by atoms with E-state index in [1.54, 1.807) is 18.2 Å². The van der Waals surface area contributed by atoms with Crippen molar-refractivity contribution in [2.24, 2.45) is 0 Å². The molecule has 11 nitrogen and oxygen atoms in total. The number of hydrogen-bond acceptors (Lipinski definition) is 9. The van der Waals surface area contributed by atoms with Crippen molar-refractivity contribution in [1.82, 2.24) is 9.79 Å². The predicted molar refractivity (Wildman–Crippen MR) is 116 cm³/mol. The number of hydroxylamine groups is 1. The van der Waals surface area contributed by atoms with Crippen LogP contribution in [0.4, 0.5) is 0 Å². The largest absolute Gasteiger partial charge is 0.493 e. The maximum Gasteiger partial charge on any atom is 0.279 e. The molecule has 2 aliphatic rings. The van der Waals surface area contributed by atoms with Gasteiger partial charge in [0.15, 0.2) is 23.0 Å². The van der Waals surface area contributed by atoms with Crippen molar-refractivity contribution in [2.45, 2.75) is 23.8 Å². The van der Waals surface area contributed by atoms with E-state index in [2.05, 4.69) is 0 Å². The van der Waals surface area contributed by atoms with E-state index in [1.807, 2.05) is 0 Å². The molecular formula is C21H26N2O9S. The van der Waals surface area contributed by atoms with E-state index in [0.29, 0.717) is 30.1 Å². The van der Waals surface area contributed by atoms with Crippen molar-refractivity contribution in [3.8, 4) is 28.7 Å². The molecule has 0 aliphatic carbocycles. The zero-order valence-electron chi connectivity index (χ0n) is 18.1. The Morgan fingerprint density at radius 2 is 1.85 bits per heavy atom. The number of benzene rings is 2. The summed E-state index contributed by atoms with van der Waals surface area (Å²) in [7, 11) is -1.44. The summed E-state index contributed by atoms with van der Waals surface area (Å²) in [5.74, 6) is 0.918. The number of ether oxygens (including phenoxy) is 5. The molecule has 0 radical (unpaired) electrons. The molecule has 0 unspecified atom stereocenters. The first-order valence-corrected chi connectivity index (χ1v) is 11.6. The van der Waals surface area contributed by atoms with Gasteiger partial charge in [-0.15, -0.1) is 0 Å². The normalized spacial score (nSPS) is 16.3. The van der Waals surface area contributed by atoms with Crippen LogP contribution in [0.15, 0.2) is 35.2 Å². The molecule has 33 heavy (non-hydrogen) atoms. The van der Waals surface area contributed by atoms with Crippen LogP contribution < -0.4 is 29.2 Å². The average Bonchev–Trinajstić information content (AvgIpc) is 3.30. The molecule has 1 amide bonds. The molecule has 4 rings (SSSR count). The van der Waals surface area contributed by atoms with E-state index in [0.717, 1.165) is 0 Å². The van der Waals surface area contributed by atoms with Crippen LogP contribution >= 0.6 is 0 Å². The number of methoxy groups -OCH3 is 2. The van der Waals surface area contributed by atoms with Gasteiger partial charge in [-0.3, -0.25) is 10.0 Å². The first-order valence-electron chi connectivity index (χ1n) is 10.1. The third kappa shape index (κ3) is 4.36. The molecule has 0 bridgehead atoms. The molecule has 2 heterocycles. The van der Waals surface area contributed by atoms with Crippen LogP contribution in [0, 0.1) is 0 Å². The third-order valence-corrected chi connectivity index (χ3v) is 7.44. The van der Waals surface area contributed by atoms with Gasteiger partial charge in [-0.1, -0.05) is 0 Å². The Kier molecular flexibility index (Phi) is 6.49. The number of piperidine rings is 1. The predicted octanol–water partition coefficient (Wildman–Crippen LogP) is 2.03. The summed E-state index contributed by atoms with van der Waals surface area (Å²) >= 11 is 0. The van der Waals surface area contributed by atoms with Crippen LogP contribution in [-0.2, 0) is 10.0 Å². The van der Waals surface area contributed by atoms with Crippen LogP contribution in [0.25, 0.3) is 0 Å². The van der Waals surface area contributed by atoms with Gasteiger partial charge in [0.05, 0.1) is 19.1 Å². The lowest BCUT2D eigenvalue weighted by atomic mass is 10.1. The second-order valence-corrected chi connectivity index (χ2v) is 9.26. The summed E-state index contributed by atoms with van der Waals surface area (Å²) in [6.07, 6.45) is 0.702. The minimum atomic E-state index is -4.08. The van der Waals surface area contributed by atoms with E-state index in [-0.39, 0.29) is 49.4 Å². The van der Waals surface area contributed by atoms with Gasteiger partial charge >= 0.3 is 0 Å². The molecule has 0 spiro atoms. The lowest BCUT2D eigenvalue weighted by Crippen LogP contribution is -2.42. The summed E-state index contributed by atoms with van der Waals surface area (Å²) in [6, 6.07) is 7.95. The van der Waals surface area contributed by atoms with Gasteiger partial charge < -0.3 is 23.7 Å². The number of nitrogens with one attached hydrogen (secondary N) is 1. The molecule has 2 aromatic carbocycles. The standard InChI is InChI=1S/C21H24N2O9S.H2/c1-28-16-5-6-18(19(20(16)29-2)21(24)22-25)33(26,27)23-9-7-13(8-10-23)32-14-3-4-15-17(11-14)31-12-30-15;/h3-6,11,13,25H,7-10,12H2,1-2H3,(H,22,24);1H. The Morgan fingerprint density at radius 3 is 2.52 bits per heavy atom. The molecule has 2 aromatic rings. The Hall–Kier alpha value is -3.22. The van der Waals surface area contributed by atoms with Gasteiger partial charge in [-0.05, 0) is 37.1 Å². The zero-order chi connectivity index (χ0) is 23.6. The quantitative estimate of drug-likeness (QED) is 0.449. The maximum absolute atomic E-state index is 13.4. The Bertz CT molecular complexity index is 1150.